The van der Waals surface area contributed by atoms with Crippen LogP contribution in [0.15, 0.2) is 23.2 Å². The fourth-order valence-corrected chi connectivity index (χ4v) is 1.19. The van der Waals surface area contributed by atoms with Gasteiger partial charge in [-0.3, -0.25) is 14.5 Å². The Hall–Kier alpha value is -0.900. The highest BCUT2D eigenvalue weighted by molar-refractivity contribution is 9.12. The van der Waals surface area contributed by atoms with Gasteiger partial charge in [-0.05, 0) is 15.9 Å². The molecule has 0 saturated heterocycles. The van der Waals surface area contributed by atoms with E-state index in [1.54, 1.807) is 0 Å². The summed E-state index contributed by atoms with van der Waals surface area (Å²) in [6, 6.07) is 0. The summed E-state index contributed by atoms with van der Waals surface area (Å²) in [6.45, 7) is 3.70. The van der Waals surface area contributed by atoms with Crippen molar-refractivity contribution in [3.63, 3.8) is 0 Å². The summed E-state index contributed by atoms with van der Waals surface area (Å²) in [5.41, 5.74) is 0. The maximum atomic E-state index is 11.0. The predicted molar refractivity (Wildman–Crippen MR) is 43.9 cm³/mol. The number of carbonyl (C=O) groups excluding carboxylic acids is 2. The van der Waals surface area contributed by atoms with Gasteiger partial charge in [-0.25, -0.2) is 0 Å². The minimum Gasteiger partial charge on any atom is -0.271 e. The number of amides is 2. The van der Waals surface area contributed by atoms with Crippen molar-refractivity contribution in [2.45, 2.75) is 0 Å². The molecule has 0 N–H and O–H groups in total. The largest absolute Gasteiger partial charge is 0.271 e. The molecule has 0 fully saturated rings. The van der Waals surface area contributed by atoms with Gasteiger partial charge in [0, 0.05) is 12.6 Å². The van der Waals surface area contributed by atoms with Crippen molar-refractivity contribution in [2.75, 3.05) is 6.54 Å². The Kier molecular flexibility index (Phi) is 2.24. The van der Waals surface area contributed by atoms with Crippen LogP contribution in [-0.4, -0.2) is 23.3 Å². The Morgan fingerprint density at radius 1 is 1.64 bits per heavy atom. The Morgan fingerprint density at radius 2 is 2.27 bits per heavy atom. The molecule has 0 atom stereocenters. The molecular formula is C7H6BrNO2. The molecule has 0 unspecified atom stereocenters. The molecule has 1 aliphatic rings. The lowest BCUT2D eigenvalue weighted by Crippen LogP contribution is -2.30. The number of hydrogen-bond acceptors (Lipinski definition) is 2. The fourth-order valence-electron chi connectivity index (χ4n) is 0.779. The number of rotatable bonds is 2. The molecule has 0 aromatic heterocycles. The Morgan fingerprint density at radius 3 is 2.64 bits per heavy atom. The first-order valence-electron chi connectivity index (χ1n) is 3.00. The van der Waals surface area contributed by atoms with Crippen LogP contribution in [0.25, 0.3) is 0 Å². The highest BCUT2D eigenvalue weighted by Crippen LogP contribution is 2.17. The molecule has 0 aliphatic carbocycles. The zero-order chi connectivity index (χ0) is 8.43. The molecule has 1 aliphatic heterocycles. The van der Waals surface area contributed by atoms with Gasteiger partial charge in [0.25, 0.3) is 11.8 Å². The Bertz CT molecular complexity index is 257. The third kappa shape index (κ3) is 1.40. The van der Waals surface area contributed by atoms with Crippen molar-refractivity contribution in [1.82, 2.24) is 4.90 Å². The maximum Gasteiger partial charge on any atom is 0.268 e. The molecule has 0 spiro atoms. The van der Waals surface area contributed by atoms with Gasteiger partial charge in [0.05, 0.1) is 4.48 Å². The number of carbonyl (C=O) groups is 2. The monoisotopic (exact) mass is 215 g/mol. The first kappa shape index (κ1) is 8.20. The van der Waals surface area contributed by atoms with Crippen molar-refractivity contribution in [1.29, 1.82) is 0 Å². The van der Waals surface area contributed by atoms with Crippen molar-refractivity contribution in [3.05, 3.63) is 23.2 Å². The molecule has 0 bridgehead atoms. The average Bonchev–Trinajstić information content (AvgIpc) is 2.17. The quantitative estimate of drug-likeness (QED) is 0.506. The summed E-state index contributed by atoms with van der Waals surface area (Å²) in [6.07, 6.45) is 2.76. The van der Waals surface area contributed by atoms with E-state index >= 15 is 0 Å². The number of imide groups is 1. The van der Waals surface area contributed by atoms with E-state index in [1.807, 2.05) is 0 Å². The number of halogens is 1. The summed E-state index contributed by atoms with van der Waals surface area (Å²) in [4.78, 5) is 23.1. The standard InChI is InChI=1S/C7H6BrNO2/c1-2-3-9-6(10)4-5(8)7(9)11/h2,4H,1,3H2. The highest BCUT2D eigenvalue weighted by Gasteiger charge is 2.27. The smallest absolute Gasteiger partial charge is 0.268 e. The predicted octanol–water partition coefficient (Wildman–Crippen LogP) is 0.820. The van der Waals surface area contributed by atoms with Gasteiger partial charge >= 0.3 is 0 Å². The molecular weight excluding hydrogens is 210 g/mol. The summed E-state index contributed by atoms with van der Waals surface area (Å²) in [5.74, 6) is -0.586. The summed E-state index contributed by atoms with van der Waals surface area (Å²) >= 11 is 2.97. The number of nitrogens with zero attached hydrogens (tertiary/aromatic N) is 1. The van der Waals surface area contributed by atoms with Gasteiger partial charge in [0.1, 0.15) is 0 Å². The lowest BCUT2D eigenvalue weighted by Gasteiger charge is -2.09. The topological polar surface area (TPSA) is 37.4 Å². The first-order chi connectivity index (χ1) is 5.16. The minimum atomic E-state index is -0.296. The van der Waals surface area contributed by atoms with E-state index in [0.29, 0.717) is 4.48 Å². The zero-order valence-corrected chi connectivity index (χ0v) is 7.30. The van der Waals surface area contributed by atoms with E-state index in [1.165, 1.54) is 12.2 Å². The summed E-state index contributed by atoms with van der Waals surface area (Å²) in [5, 5.41) is 0. The van der Waals surface area contributed by atoms with Crippen molar-refractivity contribution in [3.8, 4) is 0 Å². The Balaban J connectivity index is 2.80. The minimum absolute atomic E-state index is 0.267. The molecule has 0 saturated carbocycles. The highest BCUT2D eigenvalue weighted by atomic mass is 79.9. The van der Waals surface area contributed by atoms with Gasteiger partial charge in [-0.1, -0.05) is 6.08 Å². The van der Waals surface area contributed by atoms with Crippen LogP contribution in [0.5, 0.6) is 0 Å². The second kappa shape index (κ2) is 3.00. The molecule has 4 heteroatoms. The molecule has 3 nitrogen and oxygen atoms in total. The van der Waals surface area contributed by atoms with Gasteiger partial charge < -0.3 is 0 Å². The fraction of sp³-hybridized carbons (Fsp3) is 0.143. The van der Waals surface area contributed by atoms with Crippen LogP contribution in [0, 0.1) is 0 Å². The van der Waals surface area contributed by atoms with Crippen LogP contribution in [0.4, 0.5) is 0 Å². The van der Waals surface area contributed by atoms with Crippen molar-refractivity contribution >= 4 is 27.7 Å². The van der Waals surface area contributed by atoms with E-state index in [-0.39, 0.29) is 18.4 Å². The van der Waals surface area contributed by atoms with Crippen LogP contribution in [-0.2, 0) is 9.59 Å². The van der Waals surface area contributed by atoms with Gasteiger partial charge in [0.2, 0.25) is 0 Å². The van der Waals surface area contributed by atoms with E-state index in [9.17, 15) is 9.59 Å². The lowest BCUT2D eigenvalue weighted by atomic mass is 10.5. The van der Waals surface area contributed by atoms with Crippen LogP contribution >= 0.6 is 15.9 Å². The van der Waals surface area contributed by atoms with E-state index < -0.39 is 0 Å². The van der Waals surface area contributed by atoms with Crippen molar-refractivity contribution < 1.29 is 9.59 Å². The molecule has 11 heavy (non-hydrogen) atoms. The van der Waals surface area contributed by atoms with Crippen LogP contribution in [0.2, 0.25) is 0 Å². The molecule has 58 valence electrons. The van der Waals surface area contributed by atoms with E-state index in [2.05, 4.69) is 22.5 Å². The van der Waals surface area contributed by atoms with Crippen LogP contribution in [0.1, 0.15) is 0 Å². The second-order valence-electron chi connectivity index (χ2n) is 2.03. The normalized spacial score (nSPS) is 17.2. The third-order valence-corrected chi connectivity index (χ3v) is 1.85. The van der Waals surface area contributed by atoms with E-state index in [0.717, 1.165) is 4.90 Å². The average molecular weight is 216 g/mol. The van der Waals surface area contributed by atoms with Crippen LogP contribution in [0.3, 0.4) is 0 Å². The second-order valence-corrected chi connectivity index (χ2v) is 2.89. The third-order valence-electron chi connectivity index (χ3n) is 1.28. The number of hydrogen-bond donors (Lipinski definition) is 0. The van der Waals surface area contributed by atoms with E-state index in [4.69, 9.17) is 0 Å². The lowest BCUT2D eigenvalue weighted by molar-refractivity contribution is -0.136. The molecule has 0 radical (unpaired) electrons. The SMILES string of the molecule is C=CCN1C(=O)C=C(Br)C1=O. The van der Waals surface area contributed by atoms with Crippen molar-refractivity contribution in [2.24, 2.45) is 0 Å². The van der Waals surface area contributed by atoms with Gasteiger partial charge in [0.15, 0.2) is 0 Å². The van der Waals surface area contributed by atoms with Gasteiger partial charge in [-0.15, -0.1) is 6.58 Å². The maximum absolute atomic E-state index is 11.0. The molecule has 1 rings (SSSR count). The van der Waals surface area contributed by atoms with Gasteiger partial charge in [-0.2, -0.15) is 0 Å². The first-order valence-corrected chi connectivity index (χ1v) is 3.80. The summed E-state index contributed by atoms with van der Waals surface area (Å²) < 4.78 is 0.310. The molecule has 0 aromatic rings. The molecule has 0 aromatic carbocycles. The van der Waals surface area contributed by atoms with Crippen LogP contribution < -0.4 is 0 Å². The molecule has 1 heterocycles. The Labute approximate surface area is 72.5 Å². The zero-order valence-electron chi connectivity index (χ0n) is 5.71. The molecule has 2 amide bonds. The summed E-state index contributed by atoms with van der Waals surface area (Å²) in [7, 11) is 0.